The van der Waals surface area contributed by atoms with Gasteiger partial charge >= 0.3 is 6.18 Å². The van der Waals surface area contributed by atoms with E-state index in [0.717, 1.165) is 29.0 Å². The lowest BCUT2D eigenvalue weighted by molar-refractivity contribution is -0.137. The van der Waals surface area contributed by atoms with Crippen LogP contribution >= 0.6 is 11.3 Å². The molecule has 0 bridgehead atoms. The van der Waals surface area contributed by atoms with Crippen molar-refractivity contribution in [1.29, 1.82) is 0 Å². The van der Waals surface area contributed by atoms with Crippen molar-refractivity contribution in [3.8, 4) is 17.1 Å². The molecule has 5 aromatic rings. The highest BCUT2D eigenvalue weighted by Gasteiger charge is 2.30. The monoisotopic (exact) mass is 523 g/mol. The van der Waals surface area contributed by atoms with Crippen molar-refractivity contribution in [1.82, 2.24) is 19.6 Å². The summed E-state index contributed by atoms with van der Waals surface area (Å²) in [4.78, 5) is 34.0. The molecule has 3 aromatic heterocycles. The maximum absolute atomic E-state index is 12.9. The Kier molecular flexibility index (Phi) is 6.40. The number of aromatic nitrogens is 4. The number of halogens is 3. The van der Waals surface area contributed by atoms with Crippen LogP contribution in [-0.4, -0.2) is 32.1 Å². The normalized spacial score (nSPS) is 12.1. The van der Waals surface area contributed by atoms with Crippen molar-refractivity contribution < 1.29 is 22.7 Å². The third-order valence-electron chi connectivity index (χ3n) is 5.16. The Bertz CT molecular complexity index is 1700. The van der Waals surface area contributed by atoms with Crippen LogP contribution in [0.2, 0.25) is 0 Å². The van der Waals surface area contributed by atoms with Gasteiger partial charge < -0.3 is 10.1 Å². The zero-order valence-corrected chi connectivity index (χ0v) is 19.6. The van der Waals surface area contributed by atoms with E-state index in [1.54, 1.807) is 54.9 Å². The number of para-hydroxylation sites is 1. The van der Waals surface area contributed by atoms with Crippen molar-refractivity contribution in [2.75, 3.05) is 11.9 Å². The molecule has 0 unspecified atom stereocenters. The molecule has 12 heteroatoms. The van der Waals surface area contributed by atoms with Gasteiger partial charge in [0.2, 0.25) is 4.96 Å². The summed E-state index contributed by atoms with van der Waals surface area (Å²) in [6.45, 7) is -0.448. The Balaban J connectivity index is 1.34. The zero-order chi connectivity index (χ0) is 26.0. The fourth-order valence-electron chi connectivity index (χ4n) is 3.44. The van der Waals surface area contributed by atoms with Gasteiger partial charge in [0.15, 0.2) is 12.4 Å². The third kappa shape index (κ3) is 5.33. The van der Waals surface area contributed by atoms with Gasteiger partial charge in [-0.3, -0.25) is 14.6 Å². The van der Waals surface area contributed by atoms with Crippen LogP contribution in [0.5, 0.6) is 5.75 Å². The number of ether oxygens (including phenoxy) is 1. The summed E-state index contributed by atoms with van der Waals surface area (Å²) in [5.41, 5.74) is 0.0392. The first-order chi connectivity index (χ1) is 17.8. The zero-order valence-electron chi connectivity index (χ0n) is 18.8. The number of alkyl halides is 3. The maximum Gasteiger partial charge on any atom is 0.416 e. The summed E-state index contributed by atoms with van der Waals surface area (Å²) in [7, 11) is 0. The number of anilines is 1. The van der Waals surface area contributed by atoms with Gasteiger partial charge in [-0.2, -0.15) is 22.7 Å². The molecule has 0 atom stereocenters. The van der Waals surface area contributed by atoms with Gasteiger partial charge in [0.1, 0.15) is 5.75 Å². The van der Waals surface area contributed by atoms with Crippen LogP contribution in [0.25, 0.3) is 22.4 Å². The summed E-state index contributed by atoms with van der Waals surface area (Å²) in [6.07, 6.45) is 0.304. The molecule has 0 radical (unpaired) electrons. The molecule has 0 aliphatic carbocycles. The van der Waals surface area contributed by atoms with Crippen LogP contribution < -0.4 is 20.1 Å². The molecule has 1 amide bonds. The molecular weight excluding hydrogens is 507 g/mol. The molecular formula is C25H16F3N5O3S. The van der Waals surface area contributed by atoms with Crippen molar-refractivity contribution in [2.45, 2.75) is 6.18 Å². The van der Waals surface area contributed by atoms with Gasteiger partial charge in [-0.15, -0.1) is 5.10 Å². The molecule has 8 nitrogen and oxygen atoms in total. The van der Waals surface area contributed by atoms with Crippen molar-refractivity contribution >= 4 is 34.0 Å². The van der Waals surface area contributed by atoms with Gasteiger partial charge in [-0.1, -0.05) is 35.6 Å². The van der Waals surface area contributed by atoms with Crippen LogP contribution in [-0.2, 0) is 11.0 Å². The van der Waals surface area contributed by atoms with E-state index in [9.17, 15) is 22.8 Å². The van der Waals surface area contributed by atoms with E-state index in [2.05, 4.69) is 20.4 Å². The van der Waals surface area contributed by atoms with Crippen molar-refractivity contribution in [3.63, 3.8) is 0 Å². The SMILES string of the molecule is O=C(COc1ccccc1/C=c1\sc2nc(-c3ccncc3)nn2c1=O)Nc1cccc(C(F)(F)F)c1. The van der Waals surface area contributed by atoms with Gasteiger partial charge in [-0.05, 0) is 42.5 Å². The summed E-state index contributed by atoms with van der Waals surface area (Å²) in [5, 5.41) is 6.68. The lowest BCUT2D eigenvalue weighted by atomic mass is 10.2. The Labute approximate surface area is 210 Å². The van der Waals surface area contributed by atoms with Gasteiger partial charge in [-0.25, -0.2) is 0 Å². The smallest absolute Gasteiger partial charge is 0.416 e. The van der Waals surface area contributed by atoms with Crippen LogP contribution in [0.15, 0.2) is 77.9 Å². The van der Waals surface area contributed by atoms with E-state index in [4.69, 9.17) is 4.74 Å². The number of hydrogen-bond acceptors (Lipinski definition) is 7. The minimum Gasteiger partial charge on any atom is -0.483 e. The average molecular weight is 523 g/mol. The first-order valence-electron chi connectivity index (χ1n) is 10.8. The highest BCUT2D eigenvalue weighted by atomic mass is 32.1. The second kappa shape index (κ2) is 9.82. The van der Waals surface area contributed by atoms with Gasteiger partial charge in [0.05, 0.1) is 10.1 Å². The van der Waals surface area contributed by atoms with E-state index in [-0.39, 0.29) is 11.2 Å². The number of thiazole rings is 1. The van der Waals surface area contributed by atoms with E-state index in [1.807, 2.05) is 0 Å². The number of carbonyl (C=O) groups is 1. The third-order valence-corrected chi connectivity index (χ3v) is 6.12. The highest BCUT2D eigenvalue weighted by molar-refractivity contribution is 7.15. The lowest BCUT2D eigenvalue weighted by Crippen LogP contribution is -2.24. The predicted octanol–water partition coefficient (Wildman–Crippen LogP) is 3.80. The molecule has 0 saturated carbocycles. The molecule has 2 aromatic carbocycles. The number of nitrogens with one attached hydrogen (secondary N) is 1. The number of benzene rings is 2. The first kappa shape index (κ1) is 24.1. The molecule has 5 rings (SSSR count). The number of pyridine rings is 1. The average Bonchev–Trinajstić information content (AvgIpc) is 3.43. The van der Waals surface area contributed by atoms with E-state index in [0.29, 0.717) is 26.6 Å². The van der Waals surface area contributed by atoms with Crippen molar-refractivity contribution in [2.24, 2.45) is 0 Å². The molecule has 0 aliphatic heterocycles. The largest absolute Gasteiger partial charge is 0.483 e. The molecule has 0 fully saturated rings. The van der Waals surface area contributed by atoms with E-state index >= 15 is 0 Å². The fourth-order valence-corrected chi connectivity index (χ4v) is 4.34. The molecule has 0 aliphatic rings. The molecule has 3 heterocycles. The summed E-state index contributed by atoms with van der Waals surface area (Å²) < 4.78 is 45.9. The fraction of sp³-hybridized carbons (Fsp3) is 0.0800. The molecule has 1 N–H and O–H groups in total. The Morgan fingerprint density at radius 3 is 2.62 bits per heavy atom. The molecule has 0 spiro atoms. The Morgan fingerprint density at radius 2 is 1.86 bits per heavy atom. The van der Waals surface area contributed by atoms with E-state index in [1.165, 1.54) is 16.6 Å². The molecule has 186 valence electrons. The first-order valence-corrected chi connectivity index (χ1v) is 11.6. The number of amides is 1. The number of rotatable bonds is 6. The number of carbonyl (C=O) groups excluding carboxylic acids is 1. The van der Waals surface area contributed by atoms with Crippen LogP contribution in [0.3, 0.4) is 0 Å². The van der Waals surface area contributed by atoms with Crippen LogP contribution in [0.4, 0.5) is 18.9 Å². The second-order valence-corrected chi connectivity index (χ2v) is 8.74. The Hall–Kier alpha value is -4.58. The summed E-state index contributed by atoms with van der Waals surface area (Å²) in [6, 6.07) is 14.6. The quantitative estimate of drug-likeness (QED) is 0.364. The van der Waals surface area contributed by atoms with Crippen molar-refractivity contribution in [3.05, 3.63) is 99.1 Å². The van der Waals surface area contributed by atoms with Crippen LogP contribution in [0.1, 0.15) is 11.1 Å². The minimum absolute atomic E-state index is 0.000153. The summed E-state index contributed by atoms with van der Waals surface area (Å²) >= 11 is 1.15. The lowest BCUT2D eigenvalue weighted by Gasteiger charge is -2.11. The summed E-state index contributed by atoms with van der Waals surface area (Å²) in [5.74, 6) is 0.0893. The molecule has 0 saturated heterocycles. The Morgan fingerprint density at radius 1 is 1.08 bits per heavy atom. The highest BCUT2D eigenvalue weighted by Crippen LogP contribution is 2.30. The predicted molar refractivity (Wildman–Crippen MR) is 131 cm³/mol. The van der Waals surface area contributed by atoms with Gasteiger partial charge in [0, 0.05) is 29.2 Å². The van der Waals surface area contributed by atoms with Gasteiger partial charge in [0.25, 0.3) is 11.5 Å². The van der Waals surface area contributed by atoms with Crippen LogP contribution in [0, 0.1) is 0 Å². The minimum atomic E-state index is -4.52. The standard InChI is InChI=1S/C25H16F3N5O3S/c26-25(27,28)17-5-3-6-18(13-17)30-21(34)14-36-19-7-2-1-4-16(19)12-20-23(35)33-24(37-20)31-22(32-33)15-8-10-29-11-9-15/h1-13H,14H2,(H,30,34)/b20-12-. The number of nitrogens with zero attached hydrogens (tertiary/aromatic N) is 4. The second-order valence-electron chi connectivity index (χ2n) is 7.73. The topological polar surface area (TPSA) is 98.5 Å². The maximum atomic E-state index is 12.9. The number of fused-ring (bicyclic) bond motifs is 1. The molecule has 37 heavy (non-hydrogen) atoms. The number of hydrogen-bond donors (Lipinski definition) is 1. The van der Waals surface area contributed by atoms with E-state index < -0.39 is 24.3 Å².